The average Bonchev–Trinajstić information content (AvgIpc) is 3.12. The Bertz CT molecular complexity index is 1230. The van der Waals surface area contributed by atoms with Gasteiger partial charge in [-0.3, -0.25) is 0 Å². The number of carbonyl (C=O) groups excluding carboxylic acids is 1. The molecule has 1 heterocycles. The molecule has 0 atom stereocenters. The number of nitrogens with zero attached hydrogens (tertiary/aromatic N) is 3. The monoisotopic (exact) mass is 443 g/mol. The first kappa shape index (κ1) is 22.5. The highest BCUT2D eigenvalue weighted by atomic mass is 32.2. The molecule has 164 valence electrons. The molecule has 31 heavy (non-hydrogen) atoms. The van der Waals surface area contributed by atoms with Crippen LogP contribution < -0.4 is 4.74 Å². The second-order valence-electron chi connectivity index (χ2n) is 6.89. The van der Waals surface area contributed by atoms with E-state index in [0.29, 0.717) is 23.6 Å². The van der Waals surface area contributed by atoms with E-state index in [1.165, 1.54) is 26.2 Å². The topological polar surface area (TPSA) is 90.7 Å². The quantitative estimate of drug-likeness (QED) is 0.393. The molecule has 3 rings (SSSR count). The summed E-state index contributed by atoms with van der Waals surface area (Å²) in [6.45, 7) is 2.51. The van der Waals surface area contributed by atoms with Crippen molar-refractivity contribution in [2.24, 2.45) is 0 Å². The Morgan fingerprint density at radius 2 is 1.94 bits per heavy atom. The normalized spacial score (nSPS) is 12.0. The van der Waals surface area contributed by atoms with Crippen LogP contribution in [0, 0.1) is 0 Å². The Morgan fingerprint density at radius 1 is 1.19 bits per heavy atom. The summed E-state index contributed by atoms with van der Waals surface area (Å²) in [4.78, 5) is 16.8. The smallest absolute Gasteiger partial charge is 0.331 e. The number of aryl methyl sites for hydroxylation is 1. The number of benzene rings is 2. The lowest BCUT2D eigenvalue weighted by Crippen LogP contribution is -2.22. The minimum Gasteiger partial charge on any atom is -0.496 e. The number of hydrogen-bond donors (Lipinski definition) is 0. The van der Waals surface area contributed by atoms with E-state index in [1.807, 2.05) is 29.7 Å². The highest BCUT2D eigenvalue weighted by Gasteiger charge is 2.19. The van der Waals surface area contributed by atoms with Gasteiger partial charge in [-0.2, -0.15) is 0 Å². The van der Waals surface area contributed by atoms with E-state index >= 15 is 0 Å². The minimum atomic E-state index is -3.56. The molecule has 1 aromatic heterocycles. The van der Waals surface area contributed by atoms with Gasteiger partial charge in [0.05, 0.1) is 23.0 Å². The van der Waals surface area contributed by atoms with Crippen LogP contribution in [0.5, 0.6) is 5.75 Å². The highest BCUT2D eigenvalue weighted by molar-refractivity contribution is 7.89. The number of aromatic nitrogens is 2. The zero-order valence-corrected chi connectivity index (χ0v) is 18.7. The van der Waals surface area contributed by atoms with Gasteiger partial charge in [0.15, 0.2) is 0 Å². The number of carbonyl (C=O) groups is 1. The summed E-state index contributed by atoms with van der Waals surface area (Å²) in [6.07, 6.45) is 2.96. The molecule has 2 aromatic carbocycles. The van der Waals surface area contributed by atoms with Crippen LogP contribution in [0.3, 0.4) is 0 Å². The number of methoxy groups -OCH3 is 1. The second kappa shape index (κ2) is 9.32. The van der Waals surface area contributed by atoms with Gasteiger partial charge >= 0.3 is 5.97 Å². The number of ether oxygens (including phenoxy) is 2. The zero-order valence-electron chi connectivity index (χ0n) is 17.9. The van der Waals surface area contributed by atoms with E-state index in [-0.39, 0.29) is 11.5 Å². The molecule has 0 radical (unpaired) electrons. The van der Waals surface area contributed by atoms with Crippen molar-refractivity contribution in [3.05, 3.63) is 59.9 Å². The van der Waals surface area contributed by atoms with Crippen molar-refractivity contribution in [2.45, 2.75) is 25.0 Å². The Morgan fingerprint density at radius 3 is 2.61 bits per heavy atom. The molecule has 0 N–H and O–H groups in total. The van der Waals surface area contributed by atoms with Crippen molar-refractivity contribution >= 4 is 33.1 Å². The first-order chi connectivity index (χ1) is 14.8. The fourth-order valence-corrected chi connectivity index (χ4v) is 4.06. The molecule has 0 saturated carbocycles. The molecule has 0 spiro atoms. The van der Waals surface area contributed by atoms with Gasteiger partial charge in [-0.1, -0.05) is 18.2 Å². The summed E-state index contributed by atoms with van der Waals surface area (Å²) in [7, 11) is 0.960. The van der Waals surface area contributed by atoms with Gasteiger partial charge in [0.2, 0.25) is 10.0 Å². The molecule has 0 unspecified atom stereocenters. The maximum Gasteiger partial charge on any atom is 0.331 e. The third kappa shape index (κ3) is 4.78. The maximum atomic E-state index is 12.4. The summed E-state index contributed by atoms with van der Waals surface area (Å²) in [5.74, 6) is 0.676. The third-order valence-corrected chi connectivity index (χ3v) is 6.59. The Balaban J connectivity index is 1.79. The average molecular weight is 444 g/mol. The summed E-state index contributed by atoms with van der Waals surface area (Å²) in [6, 6.07) is 12.1. The van der Waals surface area contributed by atoms with Crippen molar-refractivity contribution in [3.8, 4) is 5.75 Å². The van der Waals surface area contributed by atoms with Gasteiger partial charge in [0, 0.05) is 32.3 Å². The van der Waals surface area contributed by atoms with Crippen molar-refractivity contribution in [3.63, 3.8) is 0 Å². The molecular formula is C22H25N3O5S. The van der Waals surface area contributed by atoms with Gasteiger partial charge in [-0.05, 0) is 37.3 Å². The highest BCUT2D eigenvalue weighted by Crippen LogP contribution is 2.23. The predicted molar refractivity (Wildman–Crippen MR) is 118 cm³/mol. The number of imidazole rings is 1. The second-order valence-corrected chi connectivity index (χ2v) is 9.05. The number of esters is 1. The Kier molecular flexibility index (Phi) is 6.77. The molecule has 8 nitrogen and oxygen atoms in total. The molecule has 0 saturated heterocycles. The first-order valence-corrected chi connectivity index (χ1v) is 11.1. The lowest BCUT2D eigenvalue weighted by Gasteiger charge is -2.11. The number of hydrogen-bond acceptors (Lipinski definition) is 6. The zero-order chi connectivity index (χ0) is 22.6. The Hall–Kier alpha value is -3.17. The molecule has 0 aliphatic carbocycles. The molecule has 0 fully saturated rings. The van der Waals surface area contributed by atoms with Gasteiger partial charge in [-0.15, -0.1) is 0 Å². The van der Waals surface area contributed by atoms with Crippen LogP contribution in [-0.4, -0.2) is 49.4 Å². The molecular weight excluding hydrogens is 418 g/mol. The van der Waals surface area contributed by atoms with Crippen LogP contribution in [-0.2, 0) is 32.7 Å². The SMILES string of the molecule is CCn1c(COC(=O)/C=C/c2ccccc2OC)nc2cc(S(=O)(=O)N(C)C)ccc21. The van der Waals surface area contributed by atoms with Crippen LogP contribution in [0.1, 0.15) is 18.3 Å². The van der Waals surface area contributed by atoms with Crippen molar-refractivity contribution in [1.29, 1.82) is 0 Å². The summed E-state index contributed by atoms with van der Waals surface area (Å²) in [5.41, 5.74) is 2.06. The summed E-state index contributed by atoms with van der Waals surface area (Å²) < 4.78 is 38.4. The van der Waals surface area contributed by atoms with E-state index in [2.05, 4.69) is 4.98 Å². The fourth-order valence-electron chi connectivity index (χ4n) is 3.14. The Labute approximate surface area is 181 Å². The molecule has 0 bridgehead atoms. The lowest BCUT2D eigenvalue weighted by molar-refractivity contribution is -0.139. The standard InChI is InChI=1S/C22H25N3O5S/c1-5-25-19-12-11-17(31(27,28)24(2)3)14-18(19)23-21(25)15-30-22(26)13-10-16-8-6-7-9-20(16)29-4/h6-14H,5,15H2,1-4H3/b13-10+. The van der Waals surface area contributed by atoms with Gasteiger partial charge < -0.3 is 14.0 Å². The van der Waals surface area contributed by atoms with Gasteiger partial charge in [0.1, 0.15) is 18.2 Å². The fraction of sp³-hybridized carbons (Fsp3) is 0.273. The van der Waals surface area contributed by atoms with Crippen molar-refractivity contribution < 1.29 is 22.7 Å². The first-order valence-electron chi connectivity index (χ1n) is 9.67. The van der Waals surface area contributed by atoms with Crippen molar-refractivity contribution in [1.82, 2.24) is 13.9 Å². The molecule has 0 aliphatic rings. The largest absolute Gasteiger partial charge is 0.496 e. The number of para-hydroxylation sites is 1. The van der Waals surface area contributed by atoms with Crippen LogP contribution in [0.2, 0.25) is 0 Å². The van der Waals surface area contributed by atoms with E-state index in [9.17, 15) is 13.2 Å². The van der Waals surface area contributed by atoms with Crippen molar-refractivity contribution in [2.75, 3.05) is 21.2 Å². The van der Waals surface area contributed by atoms with Gasteiger partial charge in [-0.25, -0.2) is 22.5 Å². The predicted octanol–water partition coefficient (Wildman–Crippen LogP) is 3.07. The maximum absolute atomic E-state index is 12.4. The van der Waals surface area contributed by atoms with Crippen LogP contribution >= 0.6 is 0 Å². The summed E-state index contributed by atoms with van der Waals surface area (Å²) >= 11 is 0. The summed E-state index contributed by atoms with van der Waals surface area (Å²) in [5, 5.41) is 0. The molecule has 3 aromatic rings. The van der Waals surface area contributed by atoms with E-state index < -0.39 is 16.0 Å². The molecule has 0 amide bonds. The number of fused-ring (bicyclic) bond motifs is 1. The number of rotatable bonds is 8. The van der Waals surface area contributed by atoms with Crippen LogP contribution in [0.4, 0.5) is 0 Å². The van der Waals surface area contributed by atoms with E-state index in [1.54, 1.807) is 31.4 Å². The third-order valence-electron chi connectivity index (χ3n) is 4.77. The van der Waals surface area contributed by atoms with Crippen LogP contribution in [0.15, 0.2) is 53.4 Å². The number of sulfonamides is 1. The van der Waals surface area contributed by atoms with E-state index in [4.69, 9.17) is 9.47 Å². The van der Waals surface area contributed by atoms with Crippen LogP contribution in [0.25, 0.3) is 17.1 Å². The lowest BCUT2D eigenvalue weighted by atomic mass is 10.2. The van der Waals surface area contributed by atoms with Gasteiger partial charge in [0.25, 0.3) is 0 Å². The minimum absolute atomic E-state index is 0.0343. The molecule has 9 heteroatoms. The van der Waals surface area contributed by atoms with E-state index in [0.717, 1.165) is 15.4 Å². The molecule has 0 aliphatic heterocycles.